The van der Waals surface area contributed by atoms with Gasteiger partial charge in [0.2, 0.25) is 0 Å². The SMILES string of the molecule is CCCNC(=O)c1cccc(NC(=O)COc2ccc(C)cc2C)c1. The van der Waals surface area contributed by atoms with Crippen molar-refractivity contribution >= 4 is 17.5 Å². The number of nitrogens with one attached hydrogen (secondary N) is 2. The van der Waals surface area contributed by atoms with Crippen LogP contribution in [0.2, 0.25) is 0 Å². The first-order valence-electron chi connectivity index (χ1n) is 8.37. The Morgan fingerprint density at radius 2 is 1.88 bits per heavy atom. The number of benzene rings is 2. The zero-order valence-electron chi connectivity index (χ0n) is 14.9. The number of amides is 2. The Kier molecular flexibility index (Phi) is 6.57. The number of carbonyl (C=O) groups excluding carboxylic acids is 2. The van der Waals surface area contributed by atoms with Crippen LogP contribution in [-0.2, 0) is 4.79 Å². The van der Waals surface area contributed by atoms with Crippen LogP contribution in [-0.4, -0.2) is 25.0 Å². The summed E-state index contributed by atoms with van der Waals surface area (Å²) < 4.78 is 5.57. The van der Waals surface area contributed by atoms with E-state index in [0.29, 0.717) is 23.5 Å². The zero-order valence-corrected chi connectivity index (χ0v) is 14.9. The van der Waals surface area contributed by atoms with Gasteiger partial charge in [-0.3, -0.25) is 9.59 Å². The van der Waals surface area contributed by atoms with Crippen LogP contribution < -0.4 is 15.4 Å². The molecule has 2 aromatic carbocycles. The minimum Gasteiger partial charge on any atom is -0.483 e. The number of anilines is 1. The fourth-order valence-corrected chi connectivity index (χ4v) is 2.38. The molecule has 2 aromatic rings. The van der Waals surface area contributed by atoms with Crippen molar-refractivity contribution in [1.29, 1.82) is 0 Å². The fourth-order valence-electron chi connectivity index (χ4n) is 2.38. The molecular formula is C20H24N2O3. The highest BCUT2D eigenvalue weighted by Gasteiger charge is 2.09. The average Bonchev–Trinajstić information content (AvgIpc) is 2.59. The second-order valence-corrected chi connectivity index (χ2v) is 5.94. The molecule has 0 saturated heterocycles. The van der Waals surface area contributed by atoms with Gasteiger partial charge in [0, 0.05) is 17.8 Å². The number of ether oxygens (including phenoxy) is 1. The molecule has 0 saturated carbocycles. The van der Waals surface area contributed by atoms with Gasteiger partial charge in [0.05, 0.1) is 0 Å². The maximum Gasteiger partial charge on any atom is 0.262 e. The monoisotopic (exact) mass is 340 g/mol. The lowest BCUT2D eigenvalue weighted by atomic mass is 10.1. The molecule has 2 N–H and O–H groups in total. The van der Waals surface area contributed by atoms with Gasteiger partial charge in [0.1, 0.15) is 5.75 Å². The molecule has 0 fully saturated rings. The lowest BCUT2D eigenvalue weighted by Gasteiger charge is -2.11. The predicted molar refractivity (Wildman–Crippen MR) is 99.1 cm³/mol. The maximum absolute atomic E-state index is 12.1. The second-order valence-electron chi connectivity index (χ2n) is 5.94. The summed E-state index contributed by atoms with van der Waals surface area (Å²) in [5.74, 6) is 0.268. The summed E-state index contributed by atoms with van der Waals surface area (Å²) >= 11 is 0. The van der Waals surface area contributed by atoms with E-state index < -0.39 is 0 Å². The number of hydrogen-bond acceptors (Lipinski definition) is 3. The Bertz CT molecular complexity index is 756. The Balaban J connectivity index is 1.93. The number of hydrogen-bond donors (Lipinski definition) is 2. The van der Waals surface area contributed by atoms with Crippen LogP contribution in [0.1, 0.15) is 34.8 Å². The summed E-state index contributed by atoms with van der Waals surface area (Å²) in [6.45, 7) is 6.48. The van der Waals surface area contributed by atoms with E-state index >= 15 is 0 Å². The minimum atomic E-state index is -0.272. The van der Waals surface area contributed by atoms with Crippen LogP contribution in [0.5, 0.6) is 5.75 Å². The summed E-state index contributed by atoms with van der Waals surface area (Å²) in [5.41, 5.74) is 3.22. The van der Waals surface area contributed by atoms with E-state index in [-0.39, 0.29) is 18.4 Å². The molecule has 2 amide bonds. The van der Waals surface area contributed by atoms with Gasteiger partial charge in [0.15, 0.2) is 6.61 Å². The summed E-state index contributed by atoms with van der Waals surface area (Å²) in [4.78, 5) is 24.0. The van der Waals surface area contributed by atoms with Crippen LogP contribution in [0, 0.1) is 13.8 Å². The quantitative estimate of drug-likeness (QED) is 0.811. The van der Waals surface area contributed by atoms with Gasteiger partial charge in [-0.05, 0) is 50.1 Å². The number of rotatable bonds is 7. The van der Waals surface area contributed by atoms with Gasteiger partial charge in [-0.15, -0.1) is 0 Å². The lowest BCUT2D eigenvalue weighted by Crippen LogP contribution is -2.24. The van der Waals surface area contributed by atoms with Gasteiger partial charge in [-0.2, -0.15) is 0 Å². The van der Waals surface area contributed by atoms with E-state index in [0.717, 1.165) is 17.5 Å². The van der Waals surface area contributed by atoms with Gasteiger partial charge in [-0.25, -0.2) is 0 Å². The fraction of sp³-hybridized carbons (Fsp3) is 0.300. The molecule has 0 spiro atoms. The highest BCUT2D eigenvalue weighted by atomic mass is 16.5. The summed E-state index contributed by atoms with van der Waals surface area (Å²) in [6.07, 6.45) is 0.873. The van der Waals surface area contributed by atoms with Crippen molar-refractivity contribution in [2.45, 2.75) is 27.2 Å². The summed E-state index contributed by atoms with van der Waals surface area (Å²) in [6, 6.07) is 12.7. The number of carbonyl (C=O) groups is 2. The van der Waals surface area contributed by atoms with Crippen molar-refractivity contribution in [3.05, 3.63) is 59.2 Å². The van der Waals surface area contributed by atoms with Crippen molar-refractivity contribution in [1.82, 2.24) is 5.32 Å². The molecule has 0 heterocycles. The summed E-state index contributed by atoms with van der Waals surface area (Å²) in [5, 5.41) is 5.56. The predicted octanol–water partition coefficient (Wildman–Crippen LogP) is 3.46. The Hall–Kier alpha value is -2.82. The largest absolute Gasteiger partial charge is 0.483 e. The van der Waals surface area contributed by atoms with Crippen LogP contribution in [0.3, 0.4) is 0 Å². The Morgan fingerprint density at radius 1 is 1.08 bits per heavy atom. The Morgan fingerprint density at radius 3 is 2.60 bits per heavy atom. The van der Waals surface area contributed by atoms with Crippen molar-refractivity contribution in [3.63, 3.8) is 0 Å². The molecule has 0 atom stereocenters. The molecule has 132 valence electrons. The van der Waals surface area contributed by atoms with E-state index in [1.54, 1.807) is 24.3 Å². The average molecular weight is 340 g/mol. The molecule has 0 bridgehead atoms. The molecule has 0 radical (unpaired) electrons. The standard InChI is InChI=1S/C20H24N2O3/c1-4-10-21-20(24)16-6-5-7-17(12-16)22-19(23)13-25-18-9-8-14(2)11-15(18)3/h5-9,11-12H,4,10,13H2,1-3H3,(H,21,24)(H,22,23). The van der Waals surface area contributed by atoms with Gasteiger partial charge in [-0.1, -0.05) is 30.7 Å². The van der Waals surface area contributed by atoms with Crippen molar-refractivity contribution in [3.8, 4) is 5.75 Å². The Labute approximate surface area is 148 Å². The molecule has 25 heavy (non-hydrogen) atoms. The van der Waals surface area contributed by atoms with Crippen LogP contribution in [0.25, 0.3) is 0 Å². The highest BCUT2D eigenvalue weighted by molar-refractivity contribution is 5.97. The van der Waals surface area contributed by atoms with Crippen LogP contribution in [0.4, 0.5) is 5.69 Å². The first-order valence-corrected chi connectivity index (χ1v) is 8.37. The molecule has 5 nitrogen and oxygen atoms in total. The molecule has 0 unspecified atom stereocenters. The third kappa shape index (κ3) is 5.64. The van der Waals surface area contributed by atoms with E-state index in [2.05, 4.69) is 10.6 Å². The van der Waals surface area contributed by atoms with Crippen LogP contribution in [0.15, 0.2) is 42.5 Å². The molecule has 2 rings (SSSR count). The van der Waals surface area contributed by atoms with Crippen molar-refractivity contribution in [2.75, 3.05) is 18.5 Å². The molecule has 5 heteroatoms. The smallest absolute Gasteiger partial charge is 0.262 e. The summed E-state index contributed by atoms with van der Waals surface area (Å²) in [7, 11) is 0. The topological polar surface area (TPSA) is 67.4 Å². The van der Waals surface area contributed by atoms with Crippen LogP contribution >= 0.6 is 0 Å². The third-order valence-electron chi connectivity index (χ3n) is 3.63. The highest BCUT2D eigenvalue weighted by Crippen LogP contribution is 2.18. The van der Waals surface area contributed by atoms with Gasteiger partial charge >= 0.3 is 0 Å². The van der Waals surface area contributed by atoms with Crippen molar-refractivity contribution < 1.29 is 14.3 Å². The normalized spacial score (nSPS) is 10.2. The van der Waals surface area contributed by atoms with Crippen molar-refractivity contribution in [2.24, 2.45) is 0 Å². The third-order valence-corrected chi connectivity index (χ3v) is 3.63. The molecule has 0 aromatic heterocycles. The van der Waals surface area contributed by atoms with E-state index in [1.807, 2.05) is 39.0 Å². The molecule has 0 aliphatic heterocycles. The van der Waals surface area contributed by atoms with Gasteiger partial charge < -0.3 is 15.4 Å². The first kappa shape index (κ1) is 18.5. The zero-order chi connectivity index (χ0) is 18.2. The molecule has 0 aliphatic carbocycles. The maximum atomic E-state index is 12.1. The first-order chi connectivity index (χ1) is 12.0. The molecule has 0 aliphatic rings. The minimum absolute atomic E-state index is 0.0871. The number of aryl methyl sites for hydroxylation is 2. The lowest BCUT2D eigenvalue weighted by molar-refractivity contribution is -0.118. The van der Waals surface area contributed by atoms with E-state index in [4.69, 9.17) is 4.74 Å². The van der Waals surface area contributed by atoms with E-state index in [9.17, 15) is 9.59 Å². The molecular weight excluding hydrogens is 316 g/mol. The van der Waals surface area contributed by atoms with Gasteiger partial charge in [0.25, 0.3) is 11.8 Å². The second kappa shape index (κ2) is 8.87. The van der Waals surface area contributed by atoms with E-state index in [1.165, 1.54) is 0 Å².